The molecule has 0 heterocycles. The summed E-state index contributed by atoms with van der Waals surface area (Å²) >= 11 is 11.5. The molecule has 0 bridgehead atoms. The molecule has 0 aliphatic heterocycles. The van der Waals surface area contributed by atoms with Crippen LogP contribution in [0.3, 0.4) is 0 Å². The minimum Gasteiger partial charge on any atom is -0.361 e. The lowest BCUT2D eigenvalue weighted by molar-refractivity contribution is 0.514. The summed E-state index contributed by atoms with van der Waals surface area (Å²) in [4.78, 5) is 0. The van der Waals surface area contributed by atoms with E-state index in [1.165, 1.54) is 36.8 Å². The van der Waals surface area contributed by atoms with Gasteiger partial charge in [0.15, 0.2) is 24.8 Å². The molecule has 0 fully saturated rings. The second-order valence-electron chi connectivity index (χ2n) is 9.75. The Hall–Kier alpha value is -0.680. The number of rotatable bonds is 13. The predicted molar refractivity (Wildman–Crippen MR) is 165 cm³/mol. The van der Waals surface area contributed by atoms with Crippen LogP contribution >= 0.6 is 39.0 Å². The fourth-order valence-corrected chi connectivity index (χ4v) is 10.0. The molecule has 2 N–H and O–H groups in total. The Balaban J connectivity index is 2.00. The maximum atomic E-state index is 13.7. The summed E-state index contributed by atoms with van der Waals surface area (Å²) < 4.78 is 31.2. The average molecular weight is 575 g/mol. The molecule has 0 atom stereocenters. The van der Waals surface area contributed by atoms with E-state index in [4.69, 9.17) is 24.4 Å². The van der Waals surface area contributed by atoms with Gasteiger partial charge in [-0.05, 0) is 75.8 Å². The monoisotopic (exact) mass is 574 g/mol. The number of nitrogens with zero attached hydrogens (tertiary/aromatic N) is 2. The third kappa shape index (κ3) is 8.96. The Labute approximate surface area is 231 Å². The van der Waals surface area contributed by atoms with E-state index in [9.17, 15) is 9.13 Å². The molecule has 0 radical (unpaired) electrons. The first-order valence-electron chi connectivity index (χ1n) is 13.9. The van der Waals surface area contributed by atoms with Gasteiger partial charge in [-0.25, -0.2) is 0 Å². The number of thiocarbonyl (C=S) groups is 2. The van der Waals surface area contributed by atoms with Crippen molar-refractivity contribution in [2.75, 3.05) is 50.8 Å². The first-order chi connectivity index (χ1) is 17.2. The van der Waals surface area contributed by atoms with Crippen molar-refractivity contribution in [3.8, 4) is 0 Å². The van der Waals surface area contributed by atoms with Crippen molar-refractivity contribution < 1.29 is 9.13 Å². The van der Waals surface area contributed by atoms with Crippen LogP contribution in [0.2, 0.25) is 0 Å². The summed E-state index contributed by atoms with van der Waals surface area (Å²) in [5.41, 5.74) is 2.68. The van der Waals surface area contributed by atoms with Gasteiger partial charge in [-0.15, -0.1) is 0 Å². The SMILES string of the molecule is CCP(=O)(CC)N(CC1=CCCCC1)C(=S)NCCNC(=S)N(CC1=CCCCC1)P(=O)(CC)CC. The minimum atomic E-state index is -2.56. The summed E-state index contributed by atoms with van der Waals surface area (Å²) in [6, 6.07) is 0. The first-order valence-corrected chi connectivity index (χ1v) is 18.7. The predicted octanol–water partition coefficient (Wildman–Crippen LogP) is 6.98. The lowest BCUT2D eigenvalue weighted by atomic mass is 10.00. The molecule has 2 aliphatic carbocycles. The Morgan fingerprint density at radius 2 is 1.08 bits per heavy atom. The van der Waals surface area contributed by atoms with Crippen LogP contribution in [-0.2, 0) is 9.13 Å². The largest absolute Gasteiger partial charge is 0.361 e. The highest BCUT2D eigenvalue weighted by atomic mass is 32.1. The summed E-state index contributed by atoms with van der Waals surface area (Å²) in [5.74, 6) is 0. The van der Waals surface area contributed by atoms with E-state index in [0.717, 1.165) is 25.7 Å². The quantitative estimate of drug-likeness (QED) is 0.106. The highest BCUT2D eigenvalue weighted by Gasteiger charge is 2.31. The number of nitrogens with one attached hydrogen (secondary N) is 2. The molecule has 36 heavy (non-hydrogen) atoms. The van der Waals surface area contributed by atoms with E-state index in [-0.39, 0.29) is 0 Å². The fraction of sp³-hybridized carbons (Fsp3) is 0.769. The normalized spacial score (nSPS) is 16.6. The molecule has 0 saturated heterocycles. The van der Waals surface area contributed by atoms with Gasteiger partial charge in [0.1, 0.15) is 0 Å². The van der Waals surface area contributed by atoms with Gasteiger partial charge in [0.2, 0.25) is 0 Å². The molecule has 0 amide bonds. The van der Waals surface area contributed by atoms with Crippen LogP contribution in [0.15, 0.2) is 23.3 Å². The van der Waals surface area contributed by atoms with Crippen molar-refractivity contribution in [2.45, 2.75) is 79.1 Å². The summed E-state index contributed by atoms with van der Waals surface area (Å²) in [6.45, 7) is 10.4. The maximum Gasteiger partial charge on any atom is 0.174 e. The molecule has 0 unspecified atom stereocenters. The van der Waals surface area contributed by atoms with Crippen LogP contribution in [0.25, 0.3) is 0 Å². The molecule has 2 rings (SSSR count). The van der Waals surface area contributed by atoms with Gasteiger partial charge in [-0.2, -0.15) is 0 Å². The fourth-order valence-electron chi connectivity index (χ4n) is 4.87. The highest BCUT2D eigenvalue weighted by molar-refractivity contribution is 7.81. The Kier molecular flexibility index (Phi) is 13.7. The minimum absolute atomic E-state index is 0.554. The molecule has 2 aliphatic rings. The van der Waals surface area contributed by atoms with Gasteiger partial charge in [0, 0.05) is 50.8 Å². The van der Waals surface area contributed by atoms with Crippen molar-refractivity contribution in [1.82, 2.24) is 20.0 Å². The zero-order chi connectivity index (χ0) is 26.6. The lowest BCUT2D eigenvalue weighted by Crippen LogP contribution is -2.45. The lowest BCUT2D eigenvalue weighted by Gasteiger charge is -2.35. The molecule has 0 aromatic carbocycles. The second-order valence-corrected chi connectivity index (χ2v) is 17.4. The molecule has 0 aromatic rings. The van der Waals surface area contributed by atoms with Gasteiger partial charge < -0.3 is 19.8 Å². The third-order valence-electron chi connectivity index (χ3n) is 7.48. The number of allylic oxidation sites excluding steroid dienone is 2. The molecule has 206 valence electrons. The van der Waals surface area contributed by atoms with Crippen molar-refractivity contribution in [3.63, 3.8) is 0 Å². The van der Waals surface area contributed by atoms with Gasteiger partial charge in [-0.1, -0.05) is 51.0 Å². The van der Waals surface area contributed by atoms with Crippen molar-refractivity contribution in [3.05, 3.63) is 23.3 Å². The van der Waals surface area contributed by atoms with Crippen LogP contribution in [0.1, 0.15) is 79.1 Å². The third-order valence-corrected chi connectivity index (χ3v) is 14.9. The molecule has 0 saturated carbocycles. The molecular formula is C26H48N4O2P2S2. The molecule has 10 heteroatoms. The van der Waals surface area contributed by atoms with Crippen LogP contribution in [0, 0.1) is 0 Å². The van der Waals surface area contributed by atoms with E-state index < -0.39 is 14.6 Å². The summed E-state index contributed by atoms with van der Waals surface area (Å²) in [7, 11) is -5.11. The number of hydrogen-bond acceptors (Lipinski definition) is 4. The Morgan fingerprint density at radius 1 is 0.722 bits per heavy atom. The van der Waals surface area contributed by atoms with Crippen LogP contribution in [-0.4, -0.2) is 70.4 Å². The van der Waals surface area contributed by atoms with Crippen molar-refractivity contribution in [1.29, 1.82) is 0 Å². The van der Waals surface area contributed by atoms with Gasteiger partial charge >= 0.3 is 0 Å². The van der Waals surface area contributed by atoms with Gasteiger partial charge in [-0.3, -0.25) is 9.34 Å². The Bertz CT molecular complexity index is 818. The summed E-state index contributed by atoms with van der Waals surface area (Å²) in [6.07, 6.45) is 16.2. The molecule has 0 aromatic heterocycles. The highest BCUT2D eigenvalue weighted by Crippen LogP contribution is 2.50. The topological polar surface area (TPSA) is 64.7 Å². The smallest absolute Gasteiger partial charge is 0.174 e. The molecule has 0 spiro atoms. The molecule has 6 nitrogen and oxygen atoms in total. The van der Waals surface area contributed by atoms with E-state index in [1.54, 1.807) is 0 Å². The van der Waals surface area contributed by atoms with E-state index in [0.29, 0.717) is 61.1 Å². The van der Waals surface area contributed by atoms with Crippen LogP contribution < -0.4 is 10.6 Å². The van der Waals surface area contributed by atoms with Crippen LogP contribution in [0.5, 0.6) is 0 Å². The first kappa shape index (κ1) is 31.5. The van der Waals surface area contributed by atoms with Gasteiger partial charge in [0.25, 0.3) is 0 Å². The standard InChI is InChI=1S/C26H48N4O2P2S2/c1-5-33(31,6-2)29(21-23-15-11-9-12-16-23)25(35)27-19-20-28-26(36)30(34(32,7-3)8-4)22-24-17-13-10-14-18-24/h15,17H,5-14,16,18-22H2,1-4H3,(H,27,35)(H,28,36). The van der Waals surface area contributed by atoms with Gasteiger partial charge in [0.05, 0.1) is 0 Å². The second kappa shape index (κ2) is 15.7. The van der Waals surface area contributed by atoms with E-state index in [1.807, 2.05) is 37.0 Å². The number of hydrogen-bond donors (Lipinski definition) is 2. The van der Waals surface area contributed by atoms with E-state index >= 15 is 0 Å². The van der Waals surface area contributed by atoms with Crippen molar-refractivity contribution in [2.24, 2.45) is 0 Å². The zero-order valence-electron chi connectivity index (χ0n) is 22.9. The van der Waals surface area contributed by atoms with Crippen molar-refractivity contribution >= 4 is 49.2 Å². The Morgan fingerprint density at radius 3 is 1.36 bits per heavy atom. The van der Waals surface area contributed by atoms with E-state index in [2.05, 4.69) is 22.8 Å². The maximum absolute atomic E-state index is 13.7. The zero-order valence-corrected chi connectivity index (χ0v) is 26.3. The van der Waals surface area contributed by atoms with Crippen LogP contribution in [0.4, 0.5) is 0 Å². The average Bonchev–Trinajstić information content (AvgIpc) is 2.92. The molecular weight excluding hydrogens is 526 g/mol. The summed E-state index contributed by atoms with van der Waals surface area (Å²) in [5, 5.41) is 7.76.